The van der Waals surface area contributed by atoms with Crippen LogP contribution in [0.15, 0.2) is 66.7 Å². The van der Waals surface area contributed by atoms with E-state index in [4.69, 9.17) is 4.74 Å². The molecule has 0 heterocycles. The predicted molar refractivity (Wildman–Crippen MR) is 107 cm³/mol. The zero-order valence-electron chi connectivity index (χ0n) is 15.1. The number of aromatic hydroxyl groups is 1. The number of phenolic OH excluding ortho intramolecular Hbond substituents is 1. The van der Waals surface area contributed by atoms with E-state index in [2.05, 4.69) is 18.2 Å². The second kappa shape index (κ2) is 7.12. The predicted octanol–water partition coefficient (Wildman–Crippen LogP) is 5.12. The lowest BCUT2D eigenvalue weighted by Gasteiger charge is -2.26. The lowest BCUT2D eigenvalue weighted by molar-refractivity contribution is 0.112. The van der Waals surface area contributed by atoms with Gasteiger partial charge in [0.2, 0.25) is 0 Å². The van der Waals surface area contributed by atoms with Gasteiger partial charge in [-0.3, -0.25) is 4.79 Å². The van der Waals surface area contributed by atoms with E-state index in [-0.39, 0.29) is 5.75 Å². The van der Waals surface area contributed by atoms with Crippen LogP contribution in [0.3, 0.4) is 0 Å². The van der Waals surface area contributed by atoms with Crippen molar-refractivity contribution < 1.29 is 14.6 Å². The highest BCUT2D eigenvalue weighted by molar-refractivity contribution is 6.04. The van der Waals surface area contributed by atoms with Crippen LogP contribution in [-0.2, 0) is 6.42 Å². The molecule has 0 spiro atoms. The lowest BCUT2D eigenvalue weighted by atomic mass is 9.78. The summed E-state index contributed by atoms with van der Waals surface area (Å²) in [6.45, 7) is 0. The maximum Gasteiger partial charge on any atom is 0.150 e. The second-order valence-electron chi connectivity index (χ2n) is 6.63. The highest BCUT2D eigenvalue weighted by Gasteiger charge is 2.24. The minimum absolute atomic E-state index is 0.149. The van der Waals surface area contributed by atoms with Crippen LogP contribution in [0.4, 0.5) is 0 Å². The topological polar surface area (TPSA) is 46.5 Å². The Balaban J connectivity index is 2.04. The Hall–Kier alpha value is -3.33. The van der Waals surface area contributed by atoms with Crippen molar-refractivity contribution in [2.45, 2.75) is 12.8 Å². The summed E-state index contributed by atoms with van der Waals surface area (Å²) in [4.78, 5) is 11.7. The maximum absolute atomic E-state index is 11.7. The average molecular weight is 356 g/mol. The van der Waals surface area contributed by atoms with Gasteiger partial charge >= 0.3 is 0 Å². The number of methoxy groups -OCH3 is 1. The summed E-state index contributed by atoms with van der Waals surface area (Å²) < 4.78 is 5.38. The molecule has 0 atom stereocenters. The summed E-state index contributed by atoms with van der Waals surface area (Å²) >= 11 is 0. The molecule has 3 nitrogen and oxygen atoms in total. The SMILES string of the molecule is COc1ccc2c(c1)CCC(c1ccccc1)=C2c1cc(O)ccc1C=O. The Morgan fingerprint density at radius 2 is 1.74 bits per heavy atom. The molecule has 1 N–H and O–H groups in total. The molecule has 0 amide bonds. The van der Waals surface area contributed by atoms with E-state index in [0.717, 1.165) is 47.1 Å². The third-order valence-corrected chi connectivity index (χ3v) is 5.08. The molecule has 1 aliphatic rings. The average Bonchev–Trinajstić information content (AvgIpc) is 2.73. The first-order valence-corrected chi connectivity index (χ1v) is 8.95. The van der Waals surface area contributed by atoms with Gasteiger partial charge in [0.15, 0.2) is 6.29 Å². The van der Waals surface area contributed by atoms with Gasteiger partial charge in [0.05, 0.1) is 7.11 Å². The third kappa shape index (κ3) is 3.13. The zero-order chi connectivity index (χ0) is 18.8. The van der Waals surface area contributed by atoms with Crippen LogP contribution in [0.1, 0.15) is 39.0 Å². The van der Waals surface area contributed by atoms with Gasteiger partial charge in [-0.15, -0.1) is 0 Å². The summed E-state index contributed by atoms with van der Waals surface area (Å²) in [5.74, 6) is 0.971. The summed E-state index contributed by atoms with van der Waals surface area (Å²) in [6, 6.07) is 21.2. The molecule has 27 heavy (non-hydrogen) atoms. The monoisotopic (exact) mass is 356 g/mol. The molecule has 0 fully saturated rings. The van der Waals surface area contributed by atoms with E-state index in [9.17, 15) is 9.90 Å². The second-order valence-corrected chi connectivity index (χ2v) is 6.63. The summed E-state index contributed by atoms with van der Waals surface area (Å²) in [5.41, 5.74) is 6.91. The van der Waals surface area contributed by atoms with Crippen LogP contribution in [-0.4, -0.2) is 18.5 Å². The van der Waals surface area contributed by atoms with Crippen LogP contribution < -0.4 is 4.74 Å². The maximum atomic E-state index is 11.7. The molecule has 0 bridgehead atoms. The van der Waals surface area contributed by atoms with E-state index < -0.39 is 0 Å². The molecule has 3 aromatic carbocycles. The van der Waals surface area contributed by atoms with Gasteiger partial charge in [-0.1, -0.05) is 36.4 Å². The van der Waals surface area contributed by atoms with Gasteiger partial charge in [0.25, 0.3) is 0 Å². The van der Waals surface area contributed by atoms with Crippen molar-refractivity contribution in [3.05, 3.63) is 94.5 Å². The normalized spacial score (nSPS) is 13.2. The van der Waals surface area contributed by atoms with E-state index in [1.807, 2.05) is 30.3 Å². The number of carbonyl (C=O) groups excluding carboxylic acids is 1. The van der Waals surface area contributed by atoms with Crippen LogP contribution >= 0.6 is 0 Å². The van der Waals surface area contributed by atoms with E-state index >= 15 is 0 Å². The highest BCUT2D eigenvalue weighted by Crippen LogP contribution is 2.43. The van der Waals surface area contributed by atoms with Gasteiger partial charge in [-0.05, 0) is 76.6 Å². The largest absolute Gasteiger partial charge is 0.508 e. The van der Waals surface area contributed by atoms with Crippen molar-refractivity contribution in [3.63, 3.8) is 0 Å². The Morgan fingerprint density at radius 1 is 0.926 bits per heavy atom. The van der Waals surface area contributed by atoms with Gasteiger partial charge in [-0.2, -0.15) is 0 Å². The number of ether oxygens (including phenoxy) is 1. The number of carbonyl (C=O) groups is 1. The van der Waals surface area contributed by atoms with Crippen molar-refractivity contribution in [1.82, 2.24) is 0 Å². The molecule has 134 valence electrons. The number of aryl methyl sites for hydroxylation is 1. The molecule has 0 aliphatic heterocycles. The van der Waals surface area contributed by atoms with Crippen molar-refractivity contribution in [3.8, 4) is 11.5 Å². The number of phenols is 1. The molecule has 4 rings (SSSR count). The van der Waals surface area contributed by atoms with Crippen molar-refractivity contribution in [2.75, 3.05) is 7.11 Å². The van der Waals surface area contributed by atoms with Gasteiger partial charge in [-0.25, -0.2) is 0 Å². The number of allylic oxidation sites excluding steroid dienone is 1. The van der Waals surface area contributed by atoms with Crippen LogP contribution in [0.25, 0.3) is 11.1 Å². The van der Waals surface area contributed by atoms with Crippen molar-refractivity contribution in [2.24, 2.45) is 0 Å². The van der Waals surface area contributed by atoms with E-state index in [0.29, 0.717) is 5.56 Å². The fourth-order valence-corrected chi connectivity index (χ4v) is 3.79. The molecule has 3 heteroatoms. The quantitative estimate of drug-likeness (QED) is 0.660. The molecular weight excluding hydrogens is 336 g/mol. The minimum atomic E-state index is 0.149. The number of aldehydes is 1. The van der Waals surface area contributed by atoms with Crippen molar-refractivity contribution >= 4 is 17.4 Å². The first-order valence-electron chi connectivity index (χ1n) is 8.95. The van der Waals surface area contributed by atoms with Gasteiger partial charge < -0.3 is 9.84 Å². The van der Waals surface area contributed by atoms with Crippen LogP contribution in [0, 0.1) is 0 Å². The third-order valence-electron chi connectivity index (χ3n) is 5.08. The Labute approximate surface area is 158 Å². The first kappa shape index (κ1) is 17.1. The summed E-state index contributed by atoms with van der Waals surface area (Å²) in [5, 5.41) is 10.1. The Bertz CT molecular complexity index is 1030. The number of hydrogen-bond acceptors (Lipinski definition) is 3. The molecule has 0 aromatic heterocycles. The fraction of sp³-hybridized carbons (Fsp3) is 0.125. The first-order chi connectivity index (χ1) is 13.2. The van der Waals surface area contributed by atoms with Crippen molar-refractivity contribution in [1.29, 1.82) is 0 Å². The van der Waals surface area contributed by atoms with E-state index in [1.54, 1.807) is 25.3 Å². The molecule has 3 aromatic rings. The zero-order valence-corrected chi connectivity index (χ0v) is 15.1. The molecule has 0 saturated carbocycles. The molecule has 1 aliphatic carbocycles. The van der Waals surface area contributed by atoms with E-state index in [1.165, 1.54) is 11.1 Å². The highest BCUT2D eigenvalue weighted by atomic mass is 16.5. The lowest BCUT2D eigenvalue weighted by Crippen LogP contribution is -2.08. The standard InChI is InChI=1S/C24H20O3/c1-27-20-10-12-22-17(13-20)8-11-21(16-5-3-2-4-6-16)24(22)23-14-19(26)9-7-18(23)15-25/h2-7,9-10,12-15,26H,8,11H2,1H3. The minimum Gasteiger partial charge on any atom is -0.508 e. The molecule has 0 radical (unpaired) electrons. The fourth-order valence-electron chi connectivity index (χ4n) is 3.79. The summed E-state index contributed by atoms with van der Waals surface area (Å²) in [7, 11) is 1.66. The molecule has 0 unspecified atom stereocenters. The van der Waals surface area contributed by atoms with Gasteiger partial charge in [0.1, 0.15) is 11.5 Å². The smallest absolute Gasteiger partial charge is 0.150 e. The number of fused-ring (bicyclic) bond motifs is 1. The number of benzene rings is 3. The Morgan fingerprint density at radius 3 is 2.48 bits per heavy atom. The van der Waals surface area contributed by atoms with Crippen LogP contribution in [0.5, 0.6) is 11.5 Å². The number of rotatable bonds is 4. The Kier molecular flexibility index (Phi) is 4.51. The molecule has 0 saturated heterocycles. The van der Waals surface area contributed by atoms with Gasteiger partial charge in [0, 0.05) is 5.56 Å². The molecular formula is C24H20O3. The van der Waals surface area contributed by atoms with Crippen LogP contribution in [0.2, 0.25) is 0 Å². The summed E-state index contributed by atoms with van der Waals surface area (Å²) in [6.07, 6.45) is 2.60. The number of hydrogen-bond donors (Lipinski definition) is 1.